The Morgan fingerprint density at radius 3 is 0.877 bits per heavy atom. The van der Waals surface area contributed by atoms with Crippen LogP contribution in [0.1, 0.15) is 189 Å². The lowest BCUT2D eigenvalue weighted by Crippen LogP contribution is -2.47. The van der Waals surface area contributed by atoms with E-state index >= 15 is 0 Å². The van der Waals surface area contributed by atoms with Crippen molar-refractivity contribution >= 4 is 98.3 Å². The predicted octanol–water partition coefficient (Wildman–Crippen LogP) is 5.95. The van der Waals surface area contributed by atoms with E-state index in [0.717, 1.165) is 161 Å². The van der Waals surface area contributed by atoms with Crippen LogP contribution in [0.4, 0.5) is 0 Å². The third-order valence-corrected chi connectivity index (χ3v) is 36.4. The quantitative estimate of drug-likeness (QED) is 0.0924. The lowest BCUT2D eigenvalue weighted by atomic mass is 10.0. The van der Waals surface area contributed by atoms with Gasteiger partial charge in [-0.05, 0) is 278 Å². The number of nitrogens with zero attached hydrogens (tertiary/aromatic N) is 6. The van der Waals surface area contributed by atoms with Crippen LogP contribution in [0.15, 0.2) is 0 Å². The third-order valence-electron chi connectivity index (χ3n) is 26.4. The molecule has 12 heterocycles. The molecule has 12 fully saturated rings. The number of amides is 6. The molecule has 12 aliphatic rings. The van der Waals surface area contributed by atoms with Crippen LogP contribution in [0.25, 0.3) is 0 Å². The van der Waals surface area contributed by atoms with Crippen molar-refractivity contribution in [3.8, 4) is 0 Å². The molecule has 0 bridgehead atoms. The van der Waals surface area contributed by atoms with E-state index in [0.29, 0.717) is 111 Å². The van der Waals surface area contributed by atoms with E-state index in [9.17, 15) is 62.4 Å². The number of thioether (sulfide) groups is 2. The van der Waals surface area contributed by atoms with E-state index in [4.69, 9.17) is 0 Å². The molecular weight excluding hydrogens is 1570 g/mol. The summed E-state index contributed by atoms with van der Waals surface area (Å²) in [6.45, 7) is 22.4. The maximum Gasteiger partial charge on any atom is 0.239 e. The van der Waals surface area contributed by atoms with Crippen molar-refractivity contribution in [3.63, 3.8) is 0 Å². The van der Waals surface area contributed by atoms with Crippen molar-refractivity contribution in [3.05, 3.63) is 0 Å². The Balaban J connectivity index is 0.000000190. The Kier molecular flexibility index (Phi) is 41.4. The second kappa shape index (κ2) is 48.1. The molecule has 6 amide bonds. The van der Waals surface area contributed by atoms with Gasteiger partial charge in [0.15, 0.2) is 29.5 Å². The Morgan fingerprint density at radius 2 is 0.570 bits per heavy atom. The minimum Gasteiger partial charge on any atom is -0.341 e. The Bertz CT molecular complexity index is 3400. The number of sulfone groups is 4. The molecule has 0 saturated carbocycles. The Morgan fingerprint density at radius 1 is 0.289 bits per heavy atom. The lowest BCUT2D eigenvalue weighted by molar-refractivity contribution is -0.134. The first-order valence-electron chi connectivity index (χ1n) is 43.8. The number of likely N-dealkylation sites (N-methyl/N-ethyl adjacent to an activating group) is 6. The van der Waals surface area contributed by atoms with Crippen LogP contribution in [0.3, 0.4) is 0 Å². The average molecular weight is 1720 g/mol. The number of nitrogens with one attached hydrogen (secondary N) is 6. The molecule has 0 radical (unpaired) electrons. The molecule has 0 aromatic heterocycles. The standard InChI is InChI=1S/2C14H26N2O3S.2C14H26N2OS.2C13H24N2O3S/c1-11-3-6-16(14(17)13(9-11)15-2)10-12-4-7-20(18,19)8-5-12;1-11-5-6-16(14(17)13(8-11)15-2)9-12-4-3-7-20(18,19)10-12;1-11-3-6-16(14(17)13(9-11)15-2)10-12-4-7-18-8-5-12;1-11-5-6-16(14(17)13(8-11)15-2)9-12-4-3-7-18-10-12;1-10-3-5-15(13(16)12(7-10)14-2)8-11-4-6-19(17,18)9-11;1-10-5-6-15(13(16)12(8-10)14-2)9-11-4-3-7-19(11,17)18/h2*11-13,15H,3-10H2,1-2H3;2*11-13,15H,3-10H2,1-2H3;2*10-12,14H,3-9H2,1-2H3. The van der Waals surface area contributed by atoms with E-state index in [-0.39, 0.29) is 111 Å². The molecule has 32 heteroatoms. The van der Waals surface area contributed by atoms with Gasteiger partial charge in [-0.3, -0.25) is 28.8 Å². The van der Waals surface area contributed by atoms with Crippen LogP contribution in [-0.2, 0) is 68.1 Å². The van der Waals surface area contributed by atoms with Gasteiger partial charge in [0.2, 0.25) is 35.4 Å². The summed E-state index contributed by atoms with van der Waals surface area (Å²) in [4.78, 5) is 86.3. The van der Waals surface area contributed by atoms with Gasteiger partial charge >= 0.3 is 0 Å². The number of likely N-dealkylation sites (tertiary alicyclic amines) is 6. The summed E-state index contributed by atoms with van der Waals surface area (Å²) in [6.07, 6.45) is 22.2. The van der Waals surface area contributed by atoms with Crippen molar-refractivity contribution < 1.29 is 62.4 Å². The zero-order chi connectivity index (χ0) is 83.5. The van der Waals surface area contributed by atoms with Crippen LogP contribution in [0.2, 0.25) is 0 Å². The summed E-state index contributed by atoms with van der Waals surface area (Å²) in [7, 11) is -0.438. The van der Waals surface area contributed by atoms with Crippen LogP contribution in [0, 0.1) is 65.1 Å². The third kappa shape index (κ3) is 32.1. The Labute approximate surface area is 697 Å². The van der Waals surface area contributed by atoms with Gasteiger partial charge in [-0.15, -0.1) is 0 Å². The van der Waals surface area contributed by atoms with Gasteiger partial charge < -0.3 is 61.3 Å². The maximum absolute atomic E-state index is 12.5. The fourth-order valence-corrected chi connectivity index (χ4v) is 28.0. The van der Waals surface area contributed by atoms with Crippen LogP contribution in [0.5, 0.6) is 0 Å². The molecule has 660 valence electrons. The van der Waals surface area contributed by atoms with Gasteiger partial charge in [0.05, 0.1) is 81.8 Å². The minimum absolute atomic E-state index is 0.0405. The van der Waals surface area contributed by atoms with E-state index in [2.05, 4.69) is 107 Å². The highest BCUT2D eigenvalue weighted by Crippen LogP contribution is 2.32. The fraction of sp³-hybridized carbons (Fsp3) is 0.927. The molecule has 26 nitrogen and oxygen atoms in total. The molecular formula is C82H152N12O14S6. The minimum atomic E-state index is -2.97. The van der Waals surface area contributed by atoms with Gasteiger partial charge in [-0.2, -0.15) is 23.5 Å². The number of carbonyl (C=O) groups excluding carboxylic acids is 6. The number of rotatable bonds is 18. The highest BCUT2D eigenvalue weighted by atomic mass is 32.2. The molecule has 12 saturated heterocycles. The van der Waals surface area contributed by atoms with Crippen molar-refractivity contribution in [2.24, 2.45) is 65.1 Å². The predicted molar refractivity (Wildman–Crippen MR) is 463 cm³/mol. The van der Waals surface area contributed by atoms with E-state index in [1.165, 1.54) is 48.7 Å². The summed E-state index contributed by atoms with van der Waals surface area (Å²) >= 11 is 4.11. The first-order chi connectivity index (χ1) is 54.1. The second-order valence-corrected chi connectivity index (χ2v) is 47.8. The molecule has 0 aromatic carbocycles. The van der Waals surface area contributed by atoms with Gasteiger partial charge in [0.25, 0.3) is 0 Å². The normalized spacial score (nSPS) is 33.9. The average Bonchev–Trinajstić information content (AvgIpc) is 1.64. The highest BCUT2D eigenvalue weighted by Gasteiger charge is 2.41. The molecule has 12 aliphatic heterocycles. The maximum atomic E-state index is 12.5. The monoisotopic (exact) mass is 1720 g/mol. The van der Waals surface area contributed by atoms with E-state index in [1.54, 1.807) is 11.9 Å². The molecule has 114 heavy (non-hydrogen) atoms. The lowest BCUT2D eigenvalue weighted by Gasteiger charge is -2.30. The second-order valence-electron chi connectivity index (χ2n) is 36.3. The highest BCUT2D eigenvalue weighted by molar-refractivity contribution is 7.99. The first kappa shape index (κ1) is 98.2. The first-order valence-corrected chi connectivity index (χ1v) is 53.3. The summed E-state index contributed by atoms with van der Waals surface area (Å²) < 4.78 is 93.1. The molecule has 0 aromatic rings. The summed E-state index contributed by atoms with van der Waals surface area (Å²) in [5, 5.41) is 18.4. The molecule has 12 rings (SSSR count). The number of hydrogen-bond donors (Lipinski definition) is 6. The molecule has 16 atom stereocenters. The van der Waals surface area contributed by atoms with Gasteiger partial charge in [0, 0.05) is 78.5 Å². The molecule has 0 aliphatic carbocycles. The number of hydrogen-bond acceptors (Lipinski definition) is 22. The molecule has 16 unspecified atom stereocenters. The zero-order valence-electron chi connectivity index (χ0n) is 71.8. The Hall–Kier alpha value is -2.92. The SMILES string of the molecule is CNC1CC(C)CCN(CC2CCCS(=O)(=O)C2)C1=O.CNC1CC(C)CCN(CC2CCCS2(=O)=O)C1=O.CNC1CC(C)CCN(CC2CCCSC2)C1=O.CNC1CC(C)CCN(CC2CCS(=O)(=O)C2)C1=O.CNC1CC(C)CCN(CC2CCS(=O)(=O)CC2)C1=O.CNC1CC(C)CCN(CC2CCSCC2)C1=O. The van der Waals surface area contributed by atoms with Crippen LogP contribution in [-0.4, -0.2) is 324 Å². The van der Waals surface area contributed by atoms with Crippen molar-refractivity contribution in [2.75, 3.05) is 184 Å². The van der Waals surface area contributed by atoms with Crippen LogP contribution < -0.4 is 31.9 Å². The van der Waals surface area contributed by atoms with Gasteiger partial charge in [-0.1, -0.05) is 41.5 Å². The molecule has 6 N–H and O–H groups in total. The van der Waals surface area contributed by atoms with Crippen molar-refractivity contribution in [2.45, 2.75) is 231 Å². The van der Waals surface area contributed by atoms with Gasteiger partial charge in [-0.25, -0.2) is 33.7 Å². The van der Waals surface area contributed by atoms with Crippen molar-refractivity contribution in [1.82, 2.24) is 61.3 Å². The van der Waals surface area contributed by atoms with Crippen LogP contribution >= 0.6 is 23.5 Å². The smallest absolute Gasteiger partial charge is 0.239 e. The summed E-state index contributed by atoms with van der Waals surface area (Å²) in [6, 6.07) is -0.399. The van der Waals surface area contributed by atoms with E-state index < -0.39 is 39.3 Å². The summed E-state index contributed by atoms with van der Waals surface area (Å²) in [5.74, 6) is 13.7. The fourth-order valence-electron chi connectivity index (χ4n) is 18.6. The largest absolute Gasteiger partial charge is 0.341 e. The summed E-state index contributed by atoms with van der Waals surface area (Å²) in [5.41, 5.74) is 0. The molecule has 0 spiro atoms. The van der Waals surface area contributed by atoms with E-state index in [1.807, 2.05) is 49.9 Å². The van der Waals surface area contributed by atoms with Gasteiger partial charge in [0.1, 0.15) is 9.84 Å². The van der Waals surface area contributed by atoms with Crippen molar-refractivity contribution in [1.29, 1.82) is 0 Å². The topological polar surface area (TPSA) is 331 Å². The zero-order valence-corrected chi connectivity index (χ0v) is 76.7. The number of carbonyl (C=O) groups is 6.